The highest BCUT2D eigenvalue weighted by atomic mass is 32.1. The van der Waals surface area contributed by atoms with Crippen LogP contribution in [0.5, 0.6) is 0 Å². The summed E-state index contributed by atoms with van der Waals surface area (Å²) in [5, 5.41) is 0. The average Bonchev–Trinajstić information content (AvgIpc) is 2.39. The number of nitrogens with two attached hydrogens (primary N) is 1. The summed E-state index contributed by atoms with van der Waals surface area (Å²) < 4.78 is 4.23. The van der Waals surface area contributed by atoms with Gasteiger partial charge in [0.25, 0.3) is 0 Å². The van der Waals surface area contributed by atoms with Gasteiger partial charge in [0.2, 0.25) is 0 Å². The van der Waals surface area contributed by atoms with Gasteiger partial charge in [-0.2, -0.15) is 4.37 Å². The van der Waals surface area contributed by atoms with Crippen molar-refractivity contribution in [3.8, 4) is 0 Å². The van der Waals surface area contributed by atoms with Crippen LogP contribution in [0.4, 0.5) is 0 Å². The zero-order valence-corrected chi connectivity index (χ0v) is 7.10. The zero-order chi connectivity index (χ0) is 7.73. The third-order valence-electron chi connectivity index (χ3n) is 2.54. The first-order valence-electron chi connectivity index (χ1n) is 3.84. The van der Waals surface area contributed by atoms with Crippen LogP contribution in [0.1, 0.15) is 25.1 Å². The van der Waals surface area contributed by atoms with E-state index in [1.807, 2.05) is 0 Å². The van der Waals surface area contributed by atoms with Crippen LogP contribution in [0, 0.1) is 0 Å². The molecule has 11 heavy (non-hydrogen) atoms. The molecule has 1 saturated carbocycles. The first-order valence-corrected chi connectivity index (χ1v) is 4.68. The molecule has 0 spiro atoms. The SMILES string of the molecule is NCC1(c2ncsn2)CCC1. The second-order valence-electron chi connectivity index (χ2n) is 3.09. The molecule has 1 aromatic heterocycles. The minimum absolute atomic E-state index is 0.153. The van der Waals surface area contributed by atoms with Crippen LogP contribution in [0.25, 0.3) is 0 Å². The summed E-state index contributed by atoms with van der Waals surface area (Å²) in [4.78, 5) is 4.21. The Morgan fingerprint density at radius 1 is 1.64 bits per heavy atom. The molecule has 2 N–H and O–H groups in total. The van der Waals surface area contributed by atoms with Crippen molar-refractivity contribution in [3.05, 3.63) is 11.3 Å². The topological polar surface area (TPSA) is 51.8 Å². The second kappa shape index (κ2) is 2.53. The molecule has 1 fully saturated rings. The van der Waals surface area contributed by atoms with Crippen molar-refractivity contribution >= 4 is 11.5 Å². The third-order valence-corrected chi connectivity index (χ3v) is 3.02. The van der Waals surface area contributed by atoms with E-state index in [2.05, 4.69) is 9.36 Å². The summed E-state index contributed by atoms with van der Waals surface area (Å²) in [5.41, 5.74) is 7.62. The minimum atomic E-state index is 0.153. The van der Waals surface area contributed by atoms with E-state index in [0.29, 0.717) is 6.54 Å². The second-order valence-corrected chi connectivity index (χ2v) is 3.70. The molecule has 0 amide bonds. The van der Waals surface area contributed by atoms with Crippen molar-refractivity contribution < 1.29 is 0 Å². The quantitative estimate of drug-likeness (QED) is 0.716. The van der Waals surface area contributed by atoms with Crippen LogP contribution in [-0.4, -0.2) is 15.9 Å². The Labute approximate surface area is 69.8 Å². The monoisotopic (exact) mass is 169 g/mol. The summed E-state index contributed by atoms with van der Waals surface area (Å²) >= 11 is 1.41. The lowest BCUT2D eigenvalue weighted by Gasteiger charge is -2.38. The highest BCUT2D eigenvalue weighted by Gasteiger charge is 2.40. The molecule has 0 radical (unpaired) electrons. The van der Waals surface area contributed by atoms with E-state index in [9.17, 15) is 0 Å². The number of hydrogen-bond donors (Lipinski definition) is 1. The van der Waals surface area contributed by atoms with Gasteiger partial charge in [-0.25, -0.2) is 4.98 Å². The Hall–Kier alpha value is -0.480. The molecule has 0 atom stereocenters. The molecule has 0 saturated heterocycles. The van der Waals surface area contributed by atoms with Crippen molar-refractivity contribution in [1.82, 2.24) is 9.36 Å². The zero-order valence-electron chi connectivity index (χ0n) is 6.29. The lowest BCUT2D eigenvalue weighted by molar-refractivity contribution is 0.240. The molecule has 0 aromatic carbocycles. The van der Waals surface area contributed by atoms with E-state index in [0.717, 1.165) is 5.82 Å². The highest BCUT2D eigenvalue weighted by molar-refractivity contribution is 7.03. The van der Waals surface area contributed by atoms with Gasteiger partial charge >= 0.3 is 0 Å². The maximum Gasteiger partial charge on any atom is 0.149 e. The minimum Gasteiger partial charge on any atom is -0.329 e. The van der Waals surface area contributed by atoms with Gasteiger partial charge in [-0.1, -0.05) is 6.42 Å². The van der Waals surface area contributed by atoms with Gasteiger partial charge in [-0.05, 0) is 24.4 Å². The fraction of sp³-hybridized carbons (Fsp3) is 0.714. The van der Waals surface area contributed by atoms with Crippen LogP contribution in [0.2, 0.25) is 0 Å². The molecular weight excluding hydrogens is 158 g/mol. The van der Waals surface area contributed by atoms with E-state index in [1.54, 1.807) is 5.51 Å². The molecule has 2 rings (SSSR count). The van der Waals surface area contributed by atoms with E-state index in [-0.39, 0.29) is 5.41 Å². The Bertz CT molecular complexity index is 222. The number of hydrogen-bond acceptors (Lipinski definition) is 4. The number of aromatic nitrogens is 2. The first kappa shape index (κ1) is 7.18. The van der Waals surface area contributed by atoms with Crippen LogP contribution in [0.15, 0.2) is 5.51 Å². The summed E-state index contributed by atoms with van der Waals surface area (Å²) in [6.07, 6.45) is 3.61. The van der Waals surface area contributed by atoms with Crippen molar-refractivity contribution in [2.75, 3.05) is 6.54 Å². The maximum atomic E-state index is 5.68. The molecule has 1 aliphatic rings. The van der Waals surface area contributed by atoms with Crippen molar-refractivity contribution in [2.24, 2.45) is 5.73 Å². The van der Waals surface area contributed by atoms with Crippen molar-refractivity contribution in [3.63, 3.8) is 0 Å². The standard InChI is InChI=1S/C7H11N3S/c8-4-7(2-1-3-7)6-9-5-11-10-6/h5H,1-4,8H2. The largest absolute Gasteiger partial charge is 0.329 e. The molecular formula is C7H11N3S. The van der Waals surface area contributed by atoms with E-state index in [4.69, 9.17) is 5.73 Å². The normalized spacial score (nSPS) is 21.2. The number of nitrogens with zero attached hydrogens (tertiary/aromatic N) is 2. The highest BCUT2D eigenvalue weighted by Crippen LogP contribution is 2.41. The van der Waals surface area contributed by atoms with Gasteiger partial charge in [0.05, 0.1) is 0 Å². The Balaban J connectivity index is 2.25. The fourth-order valence-corrected chi connectivity index (χ4v) is 2.06. The van der Waals surface area contributed by atoms with Gasteiger partial charge in [0.15, 0.2) is 0 Å². The lowest BCUT2D eigenvalue weighted by atomic mass is 9.68. The van der Waals surface area contributed by atoms with E-state index >= 15 is 0 Å². The van der Waals surface area contributed by atoms with Gasteiger partial charge in [-0.3, -0.25) is 0 Å². The van der Waals surface area contributed by atoms with Gasteiger partial charge in [0, 0.05) is 12.0 Å². The van der Waals surface area contributed by atoms with Crippen LogP contribution >= 0.6 is 11.5 Å². The maximum absolute atomic E-state index is 5.68. The predicted octanol–water partition coefficient (Wildman–Crippen LogP) is 0.919. The number of rotatable bonds is 2. The van der Waals surface area contributed by atoms with E-state index < -0.39 is 0 Å². The summed E-state index contributed by atoms with van der Waals surface area (Å²) in [6.45, 7) is 0.698. The molecule has 1 aliphatic carbocycles. The van der Waals surface area contributed by atoms with Crippen molar-refractivity contribution in [1.29, 1.82) is 0 Å². The molecule has 1 aromatic rings. The smallest absolute Gasteiger partial charge is 0.149 e. The fourth-order valence-electron chi connectivity index (χ4n) is 1.53. The Kier molecular flexibility index (Phi) is 1.65. The first-order chi connectivity index (χ1) is 5.37. The summed E-state index contributed by atoms with van der Waals surface area (Å²) in [7, 11) is 0. The molecule has 1 heterocycles. The molecule has 3 nitrogen and oxygen atoms in total. The third kappa shape index (κ3) is 0.973. The molecule has 0 aliphatic heterocycles. The molecule has 60 valence electrons. The van der Waals surface area contributed by atoms with Crippen molar-refractivity contribution in [2.45, 2.75) is 24.7 Å². The molecule has 0 bridgehead atoms. The van der Waals surface area contributed by atoms with Crippen LogP contribution in [-0.2, 0) is 5.41 Å². The predicted molar refractivity (Wildman–Crippen MR) is 44.5 cm³/mol. The Morgan fingerprint density at radius 2 is 2.45 bits per heavy atom. The van der Waals surface area contributed by atoms with Gasteiger partial charge in [-0.15, -0.1) is 0 Å². The molecule has 4 heteroatoms. The average molecular weight is 169 g/mol. The summed E-state index contributed by atoms with van der Waals surface area (Å²) in [5.74, 6) is 0.969. The summed E-state index contributed by atoms with van der Waals surface area (Å²) in [6, 6.07) is 0. The van der Waals surface area contributed by atoms with Crippen LogP contribution < -0.4 is 5.73 Å². The van der Waals surface area contributed by atoms with E-state index in [1.165, 1.54) is 30.8 Å². The van der Waals surface area contributed by atoms with Gasteiger partial charge in [0.1, 0.15) is 11.3 Å². The Morgan fingerprint density at radius 3 is 2.82 bits per heavy atom. The lowest BCUT2D eigenvalue weighted by Crippen LogP contribution is -2.42. The van der Waals surface area contributed by atoms with Gasteiger partial charge < -0.3 is 5.73 Å². The van der Waals surface area contributed by atoms with Crippen LogP contribution in [0.3, 0.4) is 0 Å². The molecule has 0 unspecified atom stereocenters.